The minimum Gasteiger partial charge on any atom is -0.497 e. The van der Waals surface area contributed by atoms with E-state index in [2.05, 4.69) is 205 Å². The zero-order valence-corrected chi connectivity index (χ0v) is 80.6. The van der Waals surface area contributed by atoms with Crippen molar-refractivity contribution in [3.63, 3.8) is 0 Å². The lowest BCUT2D eigenvalue weighted by molar-refractivity contribution is -0.137. The molecule has 0 aromatic heterocycles. The van der Waals surface area contributed by atoms with Crippen LogP contribution < -0.4 is 52.3 Å². The fourth-order valence-electron chi connectivity index (χ4n) is 19.7. The molecule has 0 spiro atoms. The fourth-order valence-corrected chi connectivity index (χ4v) is 19.7. The van der Waals surface area contributed by atoms with Gasteiger partial charge in [0.15, 0.2) is 0 Å². The van der Waals surface area contributed by atoms with Crippen LogP contribution in [0.2, 0.25) is 0 Å². The zero-order chi connectivity index (χ0) is 97.0. The molecule has 6 fully saturated rings. The van der Waals surface area contributed by atoms with E-state index in [1.54, 1.807) is 44.4 Å². The summed E-state index contributed by atoms with van der Waals surface area (Å²) in [7, 11) is 1.68. The Hall–Kier alpha value is -12.4. The van der Waals surface area contributed by atoms with E-state index in [4.69, 9.17) is 10.6 Å². The van der Waals surface area contributed by atoms with Crippen molar-refractivity contribution in [3.8, 4) is 5.75 Å². The largest absolute Gasteiger partial charge is 0.497 e. The smallest absolute Gasteiger partial charge is 0.416 e. The summed E-state index contributed by atoms with van der Waals surface area (Å²) in [6.07, 6.45) is 10.6. The number of carbonyl (C=O) groups is 4. The van der Waals surface area contributed by atoms with Gasteiger partial charge in [-0.1, -0.05) is 222 Å². The van der Waals surface area contributed by atoms with Gasteiger partial charge >= 0.3 is 18.2 Å². The van der Waals surface area contributed by atoms with Crippen LogP contribution in [-0.4, -0.2) is 191 Å². The minimum absolute atomic E-state index is 0.0501. The van der Waals surface area contributed by atoms with Gasteiger partial charge in [-0.3, -0.25) is 29.2 Å². The predicted molar refractivity (Wildman–Crippen MR) is 543 cm³/mol. The second-order valence-electron chi connectivity index (χ2n) is 37.9. The van der Waals surface area contributed by atoms with E-state index in [0.717, 1.165) is 147 Å². The van der Waals surface area contributed by atoms with Crippen molar-refractivity contribution in [1.29, 1.82) is 0 Å². The van der Waals surface area contributed by atoms with E-state index in [1.165, 1.54) is 115 Å². The summed E-state index contributed by atoms with van der Waals surface area (Å²) >= 11 is 0. The van der Waals surface area contributed by atoms with Crippen molar-refractivity contribution in [2.24, 2.45) is 33.0 Å². The van der Waals surface area contributed by atoms with E-state index in [9.17, 15) is 41.1 Å². The maximum absolute atomic E-state index is 13.3. The summed E-state index contributed by atoms with van der Waals surface area (Å²) in [6.45, 7) is 24.5. The molecule has 3 unspecified atom stereocenters. The molecule has 8 N–H and O–H groups in total. The van der Waals surface area contributed by atoms with Crippen molar-refractivity contribution in [3.05, 3.63) is 323 Å². The van der Waals surface area contributed by atoms with Crippen molar-refractivity contribution in [2.45, 2.75) is 159 Å². The second-order valence-corrected chi connectivity index (χ2v) is 37.9. The molecule has 4 saturated heterocycles. The first-order chi connectivity index (χ1) is 66.9. The van der Waals surface area contributed by atoms with Crippen LogP contribution in [0.25, 0.3) is 0 Å². The molecule has 27 heteroatoms. The average Bonchev–Trinajstić information content (AvgIpc) is 0.806. The number of urea groups is 2. The molecule has 138 heavy (non-hydrogen) atoms. The molecule has 6 aliphatic rings. The van der Waals surface area contributed by atoms with Crippen LogP contribution >= 0.6 is 0 Å². The number of piperidine rings is 1. The number of nitrogens with one attached hydrogen (secondary N) is 6. The Balaban J connectivity index is 0.000000156. The molecule has 22 nitrogen and oxygen atoms in total. The van der Waals surface area contributed by atoms with Gasteiger partial charge in [0, 0.05) is 146 Å². The van der Waals surface area contributed by atoms with E-state index >= 15 is 0 Å². The van der Waals surface area contributed by atoms with Crippen LogP contribution in [0.3, 0.4) is 0 Å². The Bertz CT molecular complexity index is 5390. The van der Waals surface area contributed by atoms with Crippen LogP contribution in [0.4, 0.5) is 60.0 Å². The lowest BCUT2D eigenvalue weighted by atomic mass is 9.83. The van der Waals surface area contributed by atoms with Crippen LogP contribution in [0.5, 0.6) is 5.75 Å². The second kappa shape index (κ2) is 52.4. The van der Waals surface area contributed by atoms with Crippen molar-refractivity contribution < 1.29 is 45.9 Å². The number of nitrogens with two attached hydrogens (primary N) is 1. The zero-order valence-electron chi connectivity index (χ0n) is 80.6. The van der Waals surface area contributed by atoms with Crippen LogP contribution in [0.15, 0.2) is 282 Å². The lowest BCUT2D eigenvalue weighted by Crippen LogP contribution is -2.53. The van der Waals surface area contributed by atoms with E-state index in [-0.39, 0.29) is 71.5 Å². The first-order valence-corrected chi connectivity index (χ1v) is 49.1. The first-order valence-electron chi connectivity index (χ1n) is 49.1. The highest BCUT2D eigenvalue weighted by Crippen LogP contribution is 2.35. The number of benzene rings is 10. The molecular weight excluding hydrogens is 1750 g/mol. The molecule has 6 amide bonds. The summed E-state index contributed by atoms with van der Waals surface area (Å²) in [5.41, 5.74) is 11.4. The number of amidine groups is 1. The molecule has 10 aromatic carbocycles. The molecule has 2 saturated carbocycles. The van der Waals surface area contributed by atoms with Gasteiger partial charge in [0.2, 0.25) is 11.8 Å². The SMILES string of the molecule is CC(C)(C)c1ccc(C(CNC(=O)Cc2ccc(C(F)(F)F)cc2)N2CCN(C3CCCCC3)CC2)cc1.CC(N=NN)=Nc1cccc(NC(=O)N[C@@H]2CCCC[C@H]2CN2CCC[C@@H](Cc3ccc(F)cc3)C2)c1.COc1ccc(C(CNC(=O)Cc2ccccc2)N2CCN(c3ccccc3)CC2)cc1.O=C(NCC(c1ccccc1)N1CCN(c2ccccc2)CC1)Nc1ccc(F)cc1. The summed E-state index contributed by atoms with van der Waals surface area (Å²) < 4.78 is 70.3. The highest BCUT2D eigenvalue weighted by Gasteiger charge is 2.35. The van der Waals surface area contributed by atoms with Crippen LogP contribution in [0, 0.1) is 23.5 Å². The molecule has 0 radical (unpaired) electrons. The van der Waals surface area contributed by atoms with Gasteiger partial charge in [0.05, 0.1) is 49.3 Å². The number of aliphatic imine (C=N–C) groups is 1. The van der Waals surface area contributed by atoms with Gasteiger partial charge in [-0.15, -0.1) is 5.11 Å². The van der Waals surface area contributed by atoms with Crippen LogP contribution in [0.1, 0.15) is 161 Å². The Morgan fingerprint density at radius 3 is 1.46 bits per heavy atom. The number of rotatable bonds is 28. The summed E-state index contributed by atoms with van der Waals surface area (Å²) in [5, 5.41) is 25.2. The summed E-state index contributed by atoms with van der Waals surface area (Å²) in [4.78, 5) is 72.5. The number of piperazine rings is 3. The number of likely N-dealkylation sites (tertiary alicyclic amines) is 1. The number of amides is 6. The number of halogens is 5. The maximum Gasteiger partial charge on any atom is 0.416 e. The first kappa shape index (κ1) is 103. The molecule has 6 atom stereocenters. The molecule has 0 bridgehead atoms. The van der Waals surface area contributed by atoms with Gasteiger partial charge in [0.25, 0.3) is 0 Å². The average molecular weight is 1890 g/mol. The summed E-state index contributed by atoms with van der Waals surface area (Å²) in [6, 6.07) is 83.5. The molecular formula is C111H138F5N17O5. The third kappa shape index (κ3) is 32.6. The van der Waals surface area contributed by atoms with Crippen molar-refractivity contribution in [2.75, 3.05) is 145 Å². The number of methoxy groups -OCH3 is 1. The van der Waals surface area contributed by atoms with Gasteiger partial charge in [-0.05, 0) is 218 Å². The predicted octanol–water partition coefficient (Wildman–Crippen LogP) is 20.6. The standard InChI is InChI=1S/C31H42F3N3O.C28H38FN7O.C27H31N3O2.C25H27FN4O/c1-30(2,3)25-15-11-24(12-16-25)28(37-19-17-36(18-20-37)27-7-5-4-6-8-27)22-35-29(38)21-23-9-13-26(14-10-23)31(32,33)34;1-20(34-35-30)31-25-8-4-9-26(17-25)32-28(37)33-27-10-3-2-7-23(27)19-36-15-5-6-22(18-36)16-21-11-13-24(29)14-12-21;1-32-25-14-12-23(13-15-25)26(21-28-27(31)20-22-8-4-2-5-9-22)30-18-16-29(17-19-30)24-10-6-3-7-11-24;26-21-11-13-22(14-12-21)28-25(31)27-19-24(20-7-3-1-4-8-20)30-17-15-29(16-18-30)23-9-5-2-6-10-23/h9-16,27-28H,4-8,17-22H2,1-3H3,(H,35,38);4,8-9,11-14,17,22-23,27H,2-3,5-7,10,15-16,18-19H2,1H3,(H2,30,31,34)(H2,32,33,37);2-15,26H,16-21H2,1H3,(H,28,31);1-14,24H,15-19H2,(H2,27,28,31)/t;22-,23-,27+;;/m.0../s1. The number of ether oxygens (including phenoxy) is 1. The summed E-state index contributed by atoms with van der Waals surface area (Å²) in [5.74, 6) is 6.74. The highest BCUT2D eigenvalue weighted by atomic mass is 19.4. The number of carbonyl (C=O) groups excluding carboxylic acids is 4. The Morgan fingerprint density at radius 1 is 0.457 bits per heavy atom. The quantitative estimate of drug-likeness (QED) is 0.00604. The highest BCUT2D eigenvalue weighted by molar-refractivity contribution is 5.91. The number of alkyl halides is 3. The van der Waals surface area contributed by atoms with Crippen molar-refractivity contribution >= 4 is 58.1 Å². The van der Waals surface area contributed by atoms with E-state index in [0.29, 0.717) is 72.4 Å². The molecule has 732 valence electrons. The number of anilines is 4. The number of para-hydroxylation sites is 2. The molecule has 4 heterocycles. The number of hydrogen-bond acceptors (Lipinski definition) is 14. The normalized spacial score (nSPS) is 18.5. The third-order valence-corrected chi connectivity index (χ3v) is 27.2. The van der Waals surface area contributed by atoms with E-state index < -0.39 is 11.7 Å². The number of hydrogen-bond donors (Lipinski definition) is 7. The Morgan fingerprint density at radius 2 is 0.928 bits per heavy atom. The van der Waals surface area contributed by atoms with Gasteiger partial charge < -0.3 is 57.2 Å². The Labute approximate surface area is 811 Å². The molecule has 16 rings (SSSR count). The molecule has 2 aliphatic carbocycles. The number of nitrogens with zero attached hydrogens (tertiary/aromatic N) is 10. The topological polar surface area (TPSA) is 235 Å². The molecule has 4 aliphatic heterocycles. The van der Waals surface area contributed by atoms with Gasteiger partial charge in [-0.2, -0.15) is 13.2 Å². The monoisotopic (exact) mass is 1880 g/mol. The van der Waals surface area contributed by atoms with E-state index in [1.807, 2.05) is 97.1 Å². The third-order valence-electron chi connectivity index (χ3n) is 27.2. The minimum atomic E-state index is -4.38. The van der Waals surface area contributed by atoms with Crippen molar-refractivity contribution in [1.82, 2.24) is 45.8 Å². The van der Waals surface area contributed by atoms with Crippen LogP contribution in [-0.2, 0) is 40.4 Å². The molecule has 10 aromatic rings. The fraction of sp³-hybridized carbons (Fsp3) is 0.414. The Kier molecular flexibility index (Phi) is 39.1. The maximum atomic E-state index is 13.3. The van der Waals surface area contributed by atoms with Gasteiger partial charge in [0.1, 0.15) is 23.2 Å². The lowest BCUT2D eigenvalue weighted by Gasteiger charge is -2.43. The van der Waals surface area contributed by atoms with Gasteiger partial charge in [-0.25, -0.2) is 23.4 Å².